The lowest BCUT2D eigenvalue weighted by Crippen LogP contribution is -2.47. The molecular formula is C15H16BrClN2O3. The SMILES string of the molecule is Cc1c(C(=O)N2CCNCC2)c(=O)oc2ccc(Br)cc12.Cl. The highest BCUT2D eigenvalue weighted by atomic mass is 79.9. The lowest BCUT2D eigenvalue weighted by atomic mass is 10.0. The summed E-state index contributed by atoms with van der Waals surface area (Å²) in [5, 5.41) is 3.97. The van der Waals surface area contributed by atoms with E-state index in [0.717, 1.165) is 22.9 Å². The number of aryl methyl sites for hydroxylation is 1. The summed E-state index contributed by atoms with van der Waals surface area (Å²) in [6.45, 7) is 4.49. The number of nitrogens with zero attached hydrogens (tertiary/aromatic N) is 1. The van der Waals surface area contributed by atoms with Gasteiger partial charge in [-0.15, -0.1) is 12.4 Å². The molecule has 118 valence electrons. The molecule has 1 fully saturated rings. The average molecular weight is 388 g/mol. The molecule has 0 atom stereocenters. The molecule has 2 aromatic rings. The minimum Gasteiger partial charge on any atom is -0.422 e. The second-order valence-electron chi connectivity index (χ2n) is 5.07. The van der Waals surface area contributed by atoms with Crippen molar-refractivity contribution >= 4 is 45.2 Å². The van der Waals surface area contributed by atoms with Gasteiger partial charge in [-0.25, -0.2) is 4.79 Å². The van der Waals surface area contributed by atoms with Gasteiger partial charge in [-0.3, -0.25) is 4.79 Å². The Kier molecular flexibility index (Phi) is 5.26. The van der Waals surface area contributed by atoms with Crippen molar-refractivity contribution in [3.05, 3.63) is 44.2 Å². The number of halogens is 2. The van der Waals surface area contributed by atoms with E-state index in [1.807, 2.05) is 12.1 Å². The Labute approximate surface area is 142 Å². The van der Waals surface area contributed by atoms with Crippen molar-refractivity contribution < 1.29 is 9.21 Å². The minimum atomic E-state index is -0.564. The topological polar surface area (TPSA) is 62.6 Å². The fourth-order valence-electron chi connectivity index (χ4n) is 2.60. The molecular weight excluding hydrogens is 372 g/mol. The van der Waals surface area contributed by atoms with E-state index in [0.29, 0.717) is 24.2 Å². The first-order valence-electron chi connectivity index (χ1n) is 6.81. The molecule has 2 heterocycles. The molecule has 0 aliphatic carbocycles. The van der Waals surface area contributed by atoms with E-state index in [1.54, 1.807) is 17.9 Å². The van der Waals surface area contributed by atoms with Crippen LogP contribution >= 0.6 is 28.3 Å². The molecule has 1 saturated heterocycles. The maximum atomic E-state index is 12.6. The van der Waals surface area contributed by atoms with Crippen LogP contribution in [-0.4, -0.2) is 37.0 Å². The van der Waals surface area contributed by atoms with Crippen LogP contribution in [-0.2, 0) is 0 Å². The number of carbonyl (C=O) groups is 1. The molecule has 0 bridgehead atoms. The largest absolute Gasteiger partial charge is 0.422 e. The highest BCUT2D eigenvalue weighted by Gasteiger charge is 2.24. The summed E-state index contributed by atoms with van der Waals surface area (Å²) < 4.78 is 6.18. The number of carbonyl (C=O) groups excluding carboxylic acids is 1. The van der Waals surface area contributed by atoms with Crippen LogP contribution in [0.2, 0.25) is 0 Å². The Morgan fingerprint density at radius 3 is 2.68 bits per heavy atom. The van der Waals surface area contributed by atoms with Crippen molar-refractivity contribution in [3.8, 4) is 0 Å². The second kappa shape index (κ2) is 6.81. The van der Waals surface area contributed by atoms with Gasteiger partial charge in [0.05, 0.1) is 0 Å². The van der Waals surface area contributed by atoms with Crippen LogP contribution in [0.4, 0.5) is 0 Å². The third-order valence-electron chi connectivity index (χ3n) is 3.75. The van der Waals surface area contributed by atoms with E-state index >= 15 is 0 Å². The molecule has 1 aromatic carbocycles. The maximum absolute atomic E-state index is 12.6. The van der Waals surface area contributed by atoms with Gasteiger partial charge in [0.1, 0.15) is 11.1 Å². The number of piperazine rings is 1. The van der Waals surface area contributed by atoms with Crippen LogP contribution in [0.5, 0.6) is 0 Å². The number of rotatable bonds is 1. The van der Waals surface area contributed by atoms with E-state index in [4.69, 9.17) is 4.42 Å². The smallest absolute Gasteiger partial charge is 0.349 e. The normalized spacial score (nSPS) is 14.7. The van der Waals surface area contributed by atoms with Crippen molar-refractivity contribution in [1.82, 2.24) is 10.2 Å². The predicted molar refractivity (Wildman–Crippen MR) is 90.9 cm³/mol. The van der Waals surface area contributed by atoms with Gasteiger partial charge in [-0.1, -0.05) is 15.9 Å². The van der Waals surface area contributed by atoms with E-state index in [1.165, 1.54) is 0 Å². The Bertz CT molecular complexity index is 769. The molecule has 5 nitrogen and oxygen atoms in total. The summed E-state index contributed by atoms with van der Waals surface area (Å²) >= 11 is 3.40. The minimum absolute atomic E-state index is 0. The van der Waals surface area contributed by atoms with Gasteiger partial charge in [0.2, 0.25) is 0 Å². The Balaban J connectivity index is 0.00000176. The summed E-state index contributed by atoms with van der Waals surface area (Å²) in [5.74, 6) is -0.246. The Morgan fingerprint density at radius 2 is 2.00 bits per heavy atom. The van der Waals surface area contributed by atoms with Crippen molar-refractivity contribution in [1.29, 1.82) is 0 Å². The van der Waals surface area contributed by atoms with Crippen LogP contribution in [0, 0.1) is 6.92 Å². The fraction of sp³-hybridized carbons (Fsp3) is 0.333. The van der Waals surface area contributed by atoms with Gasteiger partial charge in [-0.05, 0) is 30.7 Å². The third-order valence-corrected chi connectivity index (χ3v) is 4.24. The zero-order valence-corrected chi connectivity index (χ0v) is 14.4. The van der Waals surface area contributed by atoms with E-state index in [9.17, 15) is 9.59 Å². The lowest BCUT2D eigenvalue weighted by Gasteiger charge is -2.27. The number of fused-ring (bicyclic) bond motifs is 1. The molecule has 1 aliphatic rings. The number of hydrogen-bond donors (Lipinski definition) is 1. The highest BCUT2D eigenvalue weighted by Crippen LogP contribution is 2.24. The standard InChI is InChI=1S/C15H15BrN2O3.ClH/c1-9-11-8-10(16)2-3-12(11)21-15(20)13(9)14(19)18-6-4-17-5-7-18;/h2-3,8,17H,4-7H2,1H3;1H. The quantitative estimate of drug-likeness (QED) is 0.763. The van der Waals surface area contributed by atoms with Crippen molar-refractivity contribution in [2.45, 2.75) is 6.92 Å². The Hall–Kier alpha value is -1.37. The average Bonchev–Trinajstić information content (AvgIpc) is 2.49. The molecule has 22 heavy (non-hydrogen) atoms. The molecule has 0 saturated carbocycles. The van der Waals surface area contributed by atoms with Crippen molar-refractivity contribution in [3.63, 3.8) is 0 Å². The predicted octanol–water partition coefficient (Wildman–Crippen LogP) is 2.33. The van der Waals surface area contributed by atoms with Gasteiger partial charge >= 0.3 is 5.63 Å². The molecule has 0 unspecified atom stereocenters. The molecule has 1 N–H and O–H groups in total. The van der Waals surface area contributed by atoms with E-state index < -0.39 is 5.63 Å². The molecule has 0 spiro atoms. The van der Waals surface area contributed by atoms with Gasteiger partial charge in [0.25, 0.3) is 5.91 Å². The summed E-state index contributed by atoms with van der Waals surface area (Å²) in [4.78, 5) is 26.5. The molecule has 1 aliphatic heterocycles. The second-order valence-corrected chi connectivity index (χ2v) is 5.99. The van der Waals surface area contributed by atoms with E-state index in [2.05, 4.69) is 21.2 Å². The zero-order chi connectivity index (χ0) is 15.0. The first-order valence-corrected chi connectivity index (χ1v) is 7.60. The fourth-order valence-corrected chi connectivity index (χ4v) is 2.96. The summed E-state index contributed by atoms with van der Waals surface area (Å²) in [6.07, 6.45) is 0. The summed E-state index contributed by atoms with van der Waals surface area (Å²) in [7, 11) is 0. The molecule has 3 rings (SSSR count). The number of hydrogen-bond acceptors (Lipinski definition) is 4. The molecule has 7 heteroatoms. The van der Waals surface area contributed by atoms with Gasteiger partial charge in [-0.2, -0.15) is 0 Å². The zero-order valence-electron chi connectivity index (χ0n) is 12.0. The number of benzene rings is 1. The van der Waals surface area contributed by atoms with E-state index in [-0.39, 0.29) is 23.9 Å². The monoisotopic (exact) mass is 386 g/mol. The maximum Gasteiger partial charge on any atom is 0.349 e. The Morgan fingerprint density at radius 1 is 1.32 bits per heavy atom. The van der Waals surface area contributed by atoms with Crippen molar-refractivity contribution in [2.75, 3.05) is 26.2 Å². The van der Waals surface area contributed by atoms with Gasteiger partial charge in [0, 0.05) is 36.0 Å². The molecule has 1 amide bonds. The lowest BCUT2D eigenvalue weighted by molar-refractivity contribution is 0.0731. The summed E-state index contributed by atoms with van der Waals surface area (Å²) in [5.41, 5.74) is 0.747. The first-order chi connectivity index (χ1) is 10.1. The van der Waals surface area contributed by atoms with Gasteiger partial charge in [0.15, 0.2) is 0 Å². The molecule has 1 aromatic heterocycles. The number of amides is 1. The first kappa shape index (κ1) is 17.0. The van der Waals surface area contributed by atoms with Gasteiger partial charge < -0.3 is 14.6 Å². The number of nitrogens with one attached hydrogen (secondary N) is 1. The third kappa shape index (κ3) is 3.04. The van der Waals surface area contributed by atoms with Crippen LogP contribution in [0.3, 0.4) is 0 Å². The highest BCUT2D eigenvalue weighted by molar-refractivity contribution is 9.10. The van der Waals surface area contributed by atoms with Crippen LogP contribution in [0.25, 0.3) is 11.0 Å². The van der Waals surface area contributed by atoms with Crippen LogP contribution in [0.1, 0.15) is 15.9 Å². The van der Waals surface area contributed by atoms with Crippen LogP contribution < -0.4 is 10.9 Å². The molecule has 0 radical (unpaired) electrons. The summed E-state index contributed by atoms with van der Waals surface area (Å²) in [6, 6.07) is 5.40. The van der Waals surface area contributed by atoms with Crippen molar-refractivity contribution in [2.24, 2.45) is 0 Å². The van der Waals surface area contributed by atoms with Crippen LogP contribution in [0.15, 0.2) is 31.9 Å².